The first-order chi connectivity index (χ1) is 14.0. The minimum atomic E-state index is -0.341. The van der Waals surface area contributed by atoms with Crippen LogP contribution in [0.1, 0.15) is 30.7 Å². The maximum atomic E-state index is 10.7. The monoisotopic (exact) mass is 399 g/mol. The van der Waals surface area contributed by atoms with Crippen LogP contribution in [0.4, 0.5) is 0 Å². The minimum absolute atomic E-state index is 0.341. The Kier molecular flexibility index (Phi) is 8.30. The summed E-state index contributed by atoms with van der Waals surface area (Å²) in [5, 5.41) is 10.7. The van der Waals surface area contributed by atoms with Crippen LogP contribution >= 0.6 is 0 Å². The maximum Gasteiger partial charge on any atom is 0.0793 e. The van der Waals surface area contributed by atoms with Gasteiger partial charge < -0.3 is 14.4 Å². The van der Waals surface area contributed by atoms with E-state index < -0.39 is 0 Å². The molecule has 5 nitrogen and oxygen atoms in total. The number of aliphatic hydroxyl groups is 1. The summed E-state index contributed by atoms with van der Waals surface area (Å²) in [6.45, 7) is 14.2. The molecule has 160 valence electrons. The van der Waals surface area contributed by atoms with Crippen molar-refractivity contribution >= 4 is 0 Å². The molecule has 1 aromatic heterocycles. The first kappa shape index (κ1) is 22.0. The molecule has 0 bridgehead atoms. The number of nitrogens with zero attached hydrogens (tertiary/aromatic N) is 3. The highest BCUT2D eigenvalue weighted by Crippen LogP contribution is 2.15. The highest BCUT2D eigenvalue weighted by Gasteiger charge is 2.19. The zero-order chi connectivity index (χ0) is 20.6. The second-order valence-electron chi connectivity index (χ2n) is 8.71. The molecule has 1 aliphatic rings. The zero-order valence-corrected chi connectivity index (χ0v) is 18.3. The predicted octanol–water partition coefficient (Wildman–Crippen LogP) is 3.00. The molecule has 2 heterocycles. The number of morpholine rings is 1. The van der Waals surface area contributed by atoms with Gasteiger partial charge in [-0.15, -0.1) is 0 Å². The Morgan fingerprint density at radius 1 is 1.07 bits per heavy atom. The lowest BCUT2D eigenvalue weighted by molar-refractivity contribution is 0.00523. The fourth-order valence-electron chi connectivity index (χ4n) is 4.10. The average Bonchev–Trinajstić information content (AvgIpc) is 3.10. The van der Waals surface area contributed by atoms with Gasteiger partial charge in [0.2, 0.25) is 0 Å². The first-order valence-electron chi connectivity index (χ1n) is 10.9. The maximum absolute atomic E-state index is 10.7. The van der Waals surface area contributed by atoms with Crippen molar-refractivity contribution in [1.29, 1.82) is 0 Å². The Morgan fingerprint density at radius 3 is 2.55 bits per heavy atom. The Labute approximate surface area is 175 Å². The van der Waals surface area contributed by atoms with Crippen molar-refractivity contribution < 1.29 is 9.84 Å². The lowest BCUT2D eigenvalue weighted by Crippen LogP contribution is -2.45. The fourth-order valence-corrected chi connectivity index (χ4v) is 4.10. The number of hydrogen-bond donors (Lipinski definition) is 1. The van der Waals surface area contributed by atoms with Crippen molar-refractivity contribution in [1.82, 2.24) is 14.4 Å². The van der Waals surface area contributed by atoms with Gasteiger partial charge in [-0.3, -0.25) is 9.80 Å². The molecule has 0 spiro atoms. The van der Waals surface area contributed by atoms with Gasteiger partial charge in [-0.05, 0) is 36.1 Å². The predicted molar refractivity (Wildman–Crippen MR) is 118 cm³/mol. The van der Waals surface area contributed by atoms with Crippen LogP contribution in [0.25, 0.3) is 0 Å². The molecule has 5 heteroatoms. The van der Waals surface area contributed by atoms with Crippen LogP contribution in [0.3, 0.4) is 0 Å². The van der Waals surface area contributed by atoms with Crippen molar-refractivity contribution in [3.63, 3.8) is 0 Å². The Morgan fingerprint density at radius 2 is 1.83 bits per heavy atom. The van der Waals surface area contributed by atoms with E-state index in [2.05, 4.69) is 77.7 Å². The number of aryl methyl sites for hydroxylation is 1. The second kappa shape index (κ2) is 10.9. The van der Waals surface area contributed by atoms with Gasteiger partial charge in [-0.1, -0.05) is 38.1 Å². The molecule has 1 fully saturated rings. The lowest BCUT2D eigenvalue weighted by atomic mass is 10.1. The minimum Gasteiger partial charge on any atom is -0.390 e. The topological polar surface area (TPSA) is 40.9 Å². The Balaban J connectivity index is 1.62. The number of aliphatic hydroxyl groups excluding tert-OH is 1. The summed E-state index contributed by atoms with van der Waals surface area (Å²) < 4.78 is 7.76. The van der Waals surface area contributed by atoms with E-state index in [-0.39, 0.29) is 6.10 Å². The molecule has 0 amide bonds. The van der Waals surface area contributed by atoms with Crippen molar-refractivity contribution in [2.45, 2.75) is 40.0 Å². The summed E-state index contributed by atoms with van der Waals surface area (Å²) in [7, 11) is 0. The molecular weight excluding hydrogens is 362 g/mol. The zero-order valence-electron chi connectivity index (χ0n) is 18.3. The van der Waals surface area contributed by atoms with E-state index in [1.807, 2.05) is 0 Å². The van der Waals surface area contributed by atoms with E-state index >= 15 is 0 Å². The first-order valence-corrected chi connectivity index (χ1v) is 10.9. The number of hydrogen-bond acceptors (Lipinski definition) is 4. The van der Waals surface area contributed by atoms with Crippen LogP contribution in [0.2, 0.25) is 0 Å². The van der Waals surface area contributed by atoms with Crippen molar-refractivity contribution in [2.24, 2.45) is 5.92 Å². The number of ether oxygens (including phenoxy) is 1. The highest BCUT2D eigenvalue weighted by molar-refractivity contribution is 5.26. The quantitative estimate of drug-likeness (QED) is 0.667. The van der Waals surface area contributed by atoms with E-state index in [0.717, 1.165) is 52.5 Å². The van der Waals surface area contributed by atoms with Gasteiger partial charge in [0.1, 0.15) is 0 Å². The molecule has 0 saturated carbocycles. The van der Waals surface area contributed by atoms with E-state index in [1.54, 1.807) is 0 Å². The van der Waals surface area contributed by atoms with Gasteiger partial charge >= 0.3 is 0 Å². The summed E-state index contributed by atoms with van der Waals surface area (Å²) >= 11 is 0. The van der Waals surface area contributed by atoms with Gasteiger partial charge in [-0.25, -0.2) is 0 Å². The Bertz CT molecular complexity index is 737. The smallest absolute Gasteiger partial charge is 0.0793 e. The van der Waals surface area contributed by atoms with Crippen LogP contribution in [0.15, 0.2) is 42.6 Å². The summed E-state index contributed by atoms with van der Waals surface area (Å²) in [5.74, 6) is 0.561. The molecule has 0 aliphatic carbocycles. The molecule has 3 rings (SSSR count). The lowest BCUT2D eigenvalue weighted by Gasteiger charge is -2.32. The third kappa shape index (κ3) is 6.96. The highest BCUT2D eigenvalue weighted by atomic mass is 16.5. The molecular formula is C24H37N3O2. The second-order valence-corrected chi connectivity index (χ2v) is 8.71. The number of benzene rings is 1. The standard InChI is InChI=1S/C24H37N3O2/c1-20(2)15-26(19-24(28)18-25-11-13-29-14-12-25)17-23-9-6-10-27(23)16-22-8-5-4-7-21(22)3/h4-10,20,24,28H,11-19H2,1-3H3. The summed E-state index contributed by atoms with van der Waals surface area (Å²) in [6, 6.07) is 12.9. The van der Waals surface area contributed by atoms with Gasteiger partial charge in [0.25, 0.3) is 0 Å². The number of aromatic nitrogens is 1. The van der Waals surface area contributed by atoms with Crippen LogP contribution in [0, 0.1) is 12.8 Å². The molecule has 1 atom stereocenters. The third-order valence-electron chi connectivity index (χ3n) is 5.58. The number of β-amino-alcohol motifs (C(OH)–C–C–N with tert-alkyl or cyclic N) is 1. The van der Waals surface area contributed by atoms with Crippen molar-refractivity contribution in [3.8, 4) is 0 Å². The van der Waals surface area contributed by atoms with E-state index in [9.17, 15) is 5.11 Å². The molecule has 29 heavy (non-hydrogen) atoms. The van der Waals surface area contributed by atoms with Crippen LogP contribution < -0.4 is 0 Å². The van der Waals surface area contributed by atoms with E-state index in [4.69, 9.17) is 4.74 Å². The van der Waals surface area contributed by atoms with Crippen LogP contribution in [-0.4, -0.2) is 71.5 Å². The van der Waals surface area contributed by atoms with Gasteiger partial charge in [-0.2, -0.15) is 0 Å². The van der Waals surface area contributed by atoms with Crippen molar-refractivity contribution in [3.05, 3.63) is 59.4 Å². The largest absolute Gasteiger partial charge is 0.390 e. The van der Waals surface area contributed by atoms with E-state index in [0.29, 0.717) is 12.5 Å². The normalized spacial score (nSPS) is 16.6. The molecule has 1 aliphatic heterocycles. The molecule has 1 aromatic carbocycles. The average molecular weight is 400 g/mol. The fraction of sp³-hybridized carbons (Fsp3) is 0.583. The molecule has 1 saturated heterocycles. The van der Waals surface area contributed by atoms with E-state index in [1.165, 1.54) is 16.8 Å². The summed E-state index contributed by atoms with van der Waals surface area (Å²) in [6.07, 6.45) is 1.83. The third-order valence-corrected chi connectivity index (χ3v) is 5.58. The molecule has 1 unspecified atom stereocenters. The van der Waals surface area contributed by atoms with Gasteiger partial charge in [0.05, 0.1) is 19.3 Å². The molecule has 0 radical (unpaired) electrons. The van der Waals surface area contributed by atoms with Crippen molar-refractivity contribution in [2.75, 3.05) is 45.9 Å². The SMILES string of the molecule is Cc1ccccc1Cn1cccc1CN(CC(C)C)CC(O)CN1CCOCC1. The number of rotatable bonds is 10. The molecule has 1 N–H and O–H groups in total. The Hall–Kier alpha value is -1.66. The van der Waals surface area contributed by atoms with Gasteiger partial charge in [0.15, 0.2) is 0 Å². The van der Waals surface area contributed by atoms with Gasteiger partial charge in [0, 0.05) is 57.7 Å². The molecule has 2 aromatic rings. The summed E-state index contributed by atoms with van der Waals surface area (Å²) in [4.78, 5) is 4.71. The van der Waals surface area contributed by atoms with Crippen LogP contribution in [0.5, 0.6) is 0 Å². The summed E-state index contributed by atoms with van der Waals surface area (Å²) in [5.41, 5.74) is 3.98. The van der Waals surface area contributed by atoms with Crippen LogP contribution in [-0.2, 0) is 17.8 Å².